The monoisotopic (exact) mass is 394 g/mol. The fourth-order valence-corrected chi connectivity index (χ4v) is 3.85. The van der Waals surface area contributed by atoms with Gasteiger partial charge in [-0.05, 0) is 50.3 Å². The van der Waals surface area contributed by atoms with E-state index in [0.29, 0.717) is 18.9 Å². The first kappa shape index (κ1) is 19.2. The number of aryl methyl sites for hydroxylation is 2. The van der Waals surface area contributed by atoms with Crippen LogP contribution in [0, 0.1) is 25.6 Å². The van der Waals surface area contributed by atoms with Gasteiger partial charge in [0, 0.05) is 19.3 Å². The van der Waals surface area contributed by atoms with Crippen LogP contribution in [0.5, 0.6) is 0 Å². The Kier molecular flexibility index (Phi) is 5.38. The van der Waals surface area contributed by atoms with Gasteiger partial charge in [-0.25, -0.2) is 4.39 Å². The number of nitrogens with zero attached hydrogens (tertiary/aromatic N) is 4. The molecule has 0 radical (unpaired) electrons. The third-order valence-electron chi connectivity index (χ3n) is 5.40. The van der Waals surface area contributed by atoms with Crippen molar-refractivity contribution in [2.24, 2.45) is 5.92 Å². The van der Waals surface area contributed by atoms with Crippen molar-refractivity contribution in [1.29, 1.82) is 0 Å². The average Bonchev–Trinajstić information content (AvgIpc) is 3.31. The smallest absolute Gasteiger partial charge is 0.226 e. The summed E-state index contributed by atoms with van der Waals surface area (Å²) in [7, 11) is 0. The lowest BCUT2D eigenvalue weighted by Gasteiger charge is -2.16. The molecule has 0 spiro atoms. The number of hydrogen-bond donors (Lipinski definition) is 0. The Balaban J connectivity index is 1.34. The molecule has 0 N–H and O–H groups in total. The maximum atomic E-state index is 13.0. The number of carbonyl (C=O) groups excluding carboxylic acids is 1. The maximum absolute atomic E-state index is 13.0. The molecule has 0 bridgehead atoms. The molecule has 3 aromatic rings. The Morgan fingerprint density at radius 3 is 2.66 bits per heavy atom. The van der Waals surface area contributed by atoms with E-state index in [0.717, 1.165) is 53.4 Å². The number of likely N-dealkylation sites (tertiary alicyclic amines) is 1. The molecule has 1 amide bonds. The van der Waals surface area contributed by atoms with E-state index in [1.54, 1.807) is 24.5 Å². The second-order valence-corrected chi connectivity index (χ2v) is 7.59. The number of benzene rings is 1. The summed E-state index contributed by atoms with van der Waals surface area (Å²) in [4.78, 5) is 23.5. The molecule has 1 aliphatic rings. The van der Waals surface area contributed by atoms with Gasteiger partial charge in [-0.2, -0.15) is 0 Å². The van der Waals surface area contributed by atoms with Crippen LogP contribution in [0.15, 0.2) is 41.2 Å². The highest BCUT2D eigenvalue weighted by Crippen LogP contribution is 2.25. The lowest BCUT2D eigenvalue weighted by atomic mass is 10.0. The molecule has 0 saturated carbocycles. The first-order valence-corrected chi connectivity index (χ1v) is 9.76. The Hall–Kier alpha value is -3.09. The molecular weight excluding hydrogens is 371 g/mol. The zero-order valence-corrected chi connectivity index (χ0v) is 16.6. The van der Waals surface area contributed by atoms with Crippen LogP contribution in [0.2, 0.25) is 0 Å². The van der Waals surface area contributed by atoms with Crippen LogP contribution < -0.4 is 0 Å². The number of hydrogen-bond acceptors (Lipinski definition) is 5. The van der Waals surface area contributed by atoms with Crippen LogP contribution in [-0.2, 0) is 17.6 Å². The summed E-state index contributed by atoms with van der Waals surface area (Å²) < 4.78 is 18.2. The molecule has 150 valence electrons. The van der Waals surface area contributed by atoms with Crippen molar-refractivity contribution < 1.29 is 13.7 Å². The van der Waals surface area contributed by atoms with Gasteiger partial charge < -0.3 is 9.42 Å². The van der Waals surface area contributed by atoms with Gasteiger partial charge >= 0.3 is 0 Å². The molecule has 1 unspecified atom stereocenters. The molecule has 29 heavy (non-hydrogen) atoms. The molecule has 6 nitrogen and oxygen atoms in total. The molecule has 7 heteroatoms. The summed E-state index contributed by atoms with van der Waals surface area (Å²) >= 11 is 0. The zero-order valence-electron chi connectivity index (χ0n) is 16.6. The van der Waals surface area contributed by atoms with Gasteiger partial charge in [0.25, 0.3) is 0 Å². The fourth-order valence-electron chi connectivity index (χ4n) is 3.85. The zero-order chi connectivity index (χ0) is 20.4. The Labute approximate surface area is 168 Å². The van der Waals surface area contributed by atoms with Gasteiger partial charge in [-0.3, -0.25) is 14.8 Å². The molecule has 1 aliphatic heterocycles. The highest BCUT2D eigenvalue weighted by atomic mass is 19.1. The quantitative estimate of drug-likeness (QED) is 0.662. The van der Waals surface area contributed by atoms with E-state index in [1.165, 1.54) is 12.1 Å². The first-order valence-electron chi connectivity index (χ1n) is 9.76. The number of rotatable bonds is 5. The second-order valence-electron chi connectivity index (χ2n) is 7.59. The van der Waals surface area contributed by atoms with E-state index in [9.17, 15) is 9.18 Å². The van der Waals surface area contributed by atoms with Crippen LogP contribution in [0.3, 0.4) is 0 Å². The first-order chi connectivity index (χ1) is 14.0. The van der Waals surface area contributed by atoms with Crippen molar-refractivity contribution >= 4 is 5.91 Å². The Morgan fingerprint density at radius 2 is 2.00 bits per heavy atom. The van der Waals surface area contributed by atoms with Crippen molar-refractivity contribution in [3.05, 3.63) is 65.2 Å². The summed E-state index contributed by atoms with van der Waals surface area (Å²) in [5, 5.41) is 3.96. The largest absolute Gasteiger partial charge is 0.361 e. The fraction of sp³-hybridized carbons (Fsp3) is 0.364. The molecule has 1 fully saturated rings. The van der Waals surface area contributed by atoms with Gasteiger partial charge in [0.2, 0.25) is 5.91 Å². The van der Waals surface area contributed by atoms with Gasteiger partial charge in [0.15, 0.2) is 0 Å². The predicted molar refractivity (Wildman–Crippen MR) is 105 cm³/mol. The minimum atomic E-state index is -0.288. The van der Waals surface area contributed by atoms with Crippen molar-refractivity contribution in [2.45, 2.75) is 33.1 Å². The van der Waals surface area contributed by atoms with Gasteiger partial charge in [0.1, 0.15) is 11.6 Å². The summed E-state index contributed by atoms with van der Waals surface area (Å²) in [6.45, 7) is 5.21. The third kappa shape index (κ3) is 4.34. The van der Waals surface area contributed by atoms with Gasteiger partial charge in [-0.1, -0.05) is 17.3 Å². The molecular formula is C22H23FN4O2. The number of aromatic nitrogens is 3. The highest BCUT2D eigenvalue weighted by molar-refractivity contribution is 5.79. The minimum Gasteiger partial charge on any atom is -0.361 e. The maximum Gasteiger partial charge on any atom is 0.226 e. The van der Waals surface area contributed by atoms with Crippen LogP contribution in [-0.4, -0.2) is 39.0 Å². The molecule has 2 aromatic heterocycles. The standard InChI is InChI=1S/C22H23FN4O2/c1-14-22(15(2)29-26-14)20-12-24-19(11-25-20)9-17-7-8-27(13-17)21(28)10-16-3-5-18(23)6-4-16/h3-6,11-12,17H,7-10,13H2,1-2H3. The van der Waals surface area contributed by atoms with Crippen LogP contribution >= 0.6 is 0 Å². The van der Waals surface area contributed by atoms with E-state index in [1.807, 2.05) is 18.7 Å². The minimum absolute atomic E-state index is 0.0824. The Morgan fingerprint density at radius 1 is 1.21 bits per heavy atom. The van der Waals surface area contributed by atoms with E-state index in [2.05, 4.69) is 15.1 Å². The topological polar surface area (TPSA) is 72.1 Å². The number of halogens is 1. The van der Waals surface area contributed by atoms with Crippen LogP contribution in [0.25, 0.3) is 11.3 Å². The normalized spacial score (nSPS) is 16.4. The average molecular weight is 394 g/mol. The SMILES string of the molecule is Cc1noc(C)c1-c1cnc(CC2CCN(C(=O)Cc3ccc(F)cc3)C2)cn1. The lowest BCUT2D eigenvalue weighted by Crippen LogP contribution is -2.30. The van der Waals surface area contributed by atoms with Crippen molar-refractivity contribution in [1.82, 2.24) is 20.0 Å². The predicted octanol–water partition coefficient (Wildman–Crippen LogP) is 3.52. The molecule has 1 aromatic carbocycles. The van der Waals surface area contributed by atoms with E-state index in [4.69, 9.17) is 4.52 Å². The molecule has 3 heterocycles. The number of carbonyl (C=O) groups is 1. The van der Waals surface area contributed by atoms with Crippen molar-refractivity contribution in [3.8, 4) is 11.3 Å². The van der Waals surface area contributed by atoms with E-state index < -0.39 is 0 Å². The van der Waals surface area contributed by atoms with Gasteiger partial charge in [0.05, 0.1) is 35.3 Å². The molecule has 0 aliphatic carbocycles. The summed E-state index contributed by atoms with van der Waals surface area (Å²) in [5.41, 5.74) is 4.20. The molecule has 1 atom stereocenters. The summed E-state index contributed by atoms with van der Waals surface area (Å²) in [5.74, 6) is 0.893. The van der Waals surface area contributed by atoms with E-state index in [-0.39, 0.29) is 11.7 Å². The lowest BCUT2D eigenvalue weighted by molar-refractivity contribution is -0.129. The highest BCUT2D eigenvalue weighted by Gasteiger charge is 2.26. The van der Waals surface area contributed by atoms with E-state index >= 15 is 0 Å². The van der Waals surface area contributed by atoms with Crippen LogP contribution in [0.1, 0.15) is 29.1 Å². The summed E-state index contributed by atoms with van der Waals surface area (Å²) in [6, 6.07) is 6.11. The number of amides is 1. The molecule has 4 rings (SSSR count). The second kappa shape index (κ2) is 8.11. The van der Waals surface area contributed by atoms with Crippen LogP contribution in [0.4, 0.5) is 4.39 Å². The summed E-state index contributed by atoms with van der Waals surface area (Å²) in [6.07, 6.45) is 5.59. The Bertz CT molecular complexity index is 979. The van der Waals surface area contributed by atoms with Crippen molar-refractivity contribution in [2.75, 3.05) is 13.1 Å². The van der Waals surface area contributed by atoms with Gasteiger partial charge in [-0.15, -0.1) is 0 Å². The van der Waals surface area contributed by atoms with Crippen molar-refractivity contribution in [3.63, 3.8) is 0 Å². The molecule has 1 saturated heterocycles. The third-order valence-corrected chi connectivity index (χ3v) is 5.40.